The fourth-order valence-electron chi connectivity index (χ4n) is 1.81. The van der Waals surface area contributed by atoms with Gasteiger partial charge in [0.15, 0.2) is 0 Å². The summed E-state index contributed by atoms with van der Waals surface area (Å²) in [7, 11) is 0. The number of carboxylic acids is 1. The predicted molar refractivity (Wildman–Crippen MR) is 71.6 cm³/mol. The molecule has 0 aliphatic rings. The average molecular weight is 311 g/mol. The first-order chi connectivity index (χ1) is 10.4. The van der Waals surface area contributed by atoms with E-state index < -0.39 is 23.6 Å². The number of pyridine rings is 1. The summed E-state index contributed by atoms with van der Waals surface area (Å²) in [6, 6.07) is 7.28. The zero-order chi connectivity index (χ0) is 16.2. The van der Waals surface area contributed by atoms with Crippen LogP contribution in [0.5, 0.6) is 5.75 Å². The summed E-state index contributed by atoms with van der Waals surface area (Å²) in [6.45, 7) is -0.202. The molecule has 0 saturated carbocycles. The van der Waals surface area contributed by atoms with E-state index in [0.29, 0.717) is 5.56 Å². The van der Waals surface area contributed by atoms with E-state index in [9.17, 15) is 23.1 Å². The molecule has 4 nitrogen and oxygen atoms in total. The molecule has 0 saturated heterocycles. The van der Waals surface area contributed by atoms with Gasteiger partial charge in [-0.1, -0.05) is 6.07 Å². The lowest BCUT2D eigenvalue weighted by Crippen LogP contribution is -2.19. The second-order valence-electron chi connectivity index (χ2n) is 4.51. The molecule has 0 spiro atoms. The second kappa shape index (κ2) is 6.46. The summed E-state index contributed by atoms with van der Waals surface area (Å²) in [5.41, 5.74) is -0.330. The summed E-state index contributed by atoms with van der Waals surface area (Å²) in [6.07, 6.45) is -1.49. The highest BCUT2D eigenvalue weighted by atomic mass is 19.4. The maximum Gasteiger partial charge on any atom is 0.416 e. The molecule has 0 bridgehead atoms. The first kappa shape index (κ1) is 15.8. The van der Waals surface area contributed by atoms with Gasteiger partial charge >= 0.3 is 12.1 Å². The smallest absolute Gasteiger partial charge is 0.416 e. The molecule has 1 unspecified atom stereocenters. The van der Waals surface area contributed by atoms with Gasteiger partial charge in [0.2, 0.25) is 0 Å². The van der Waals surface area contributed by atoms with Crippen LogP contribution >= 0.6 is 0 Å². The van der Waals surface area contributed by atoms with Crippen LogP contribution in [0.2, 0.25) is 0 Å². The minimum atomic E-state index is -4.42. The number of hydrogen-bond donors (Lipinski definition) is 1. The zero-order valence-corrected chi connectivity index (χ0v) is 11.2. The molecule has 0 aliphatic carbocycles. The quantitative estimate of drug-likeness (QED) is 0.920. The van der Waals surface area contributed by atoms with Gasteiger partial charge in [0, 0.05) is 12.4 Å². The van der Waals surface area contributed by atoms with Crippen LogP contribution in [0.1, 0.15) is 17.0 Å². The molecule has 0 fully saturated rings. The Morgan fingerprint density at radius 3 is 2.41 bits per heavy atom. The fraction of sp³-hybridized carbons (Fsp3) is 0.200. The minimum Gasteiger partial charge on any atom is -0.492 e. The topological polar surface area (TPSA) is 59.4 Å². The maximum absolute atomic E-state index is 12.4. The lowest BCUT2D eigenvalue weighted by molar-refractivity contribution is -0.139. The average Bonchev–Trinajstić information content (AvgIpc) is 2.48. The van der Waals surface area contributed by atoms with E-state index in [2.05, 4.69) is 4.98 Å². The van der Waals surface area contributed by atoms with Gasteiger partial charge in [-0.3, -0.25) is 9.78 Å². The van der Waals surface area contributed by atoms with Crippen molar-refractivity contribution in [2.24, 2.45) is 0 Å². The van der Waals surface area contributed by atoms with Crippen molar-refractivity contribution in [2.45, 2.75) is 12.1 Å². The highest BCUT2D eigenvalue weighted by Gasteiger charge is 2.30. The molecule has 1 N–H and O–H groups in total. The lowest BCUT2D eigenvalue weighted by Gasteiger charge is -2.14. The van der Waals surface area contributed by atoms with Crippen molar-refractivity contribution in [3.63, 3.8) is 0 Å². The zero-order valence-electron chi connectivity index (χ0n) is 11.2. The van der Waals surface area contributed by atoms with E-state index in [4.69, 9.17) is 4.74 Å². The number of halogens is 3. The van der Waals surface area contributed by atoms with Crippen LogP contribution in [0.25, 0.3) is 0 Å². The number of hydrogen-bond acceptors (Lipinski definition) is 3. The molecule has 1 atom stereocenters. The monoisotopic (exact) mass is 311 g/mol. The maximum atomic E-state index is 12.4. The fourth-order valence-corrected chi connectivity index (χ4v) is 1.81. The van der Waals surface area contributed by atoms with Gasteiger partial charge in [-0.05, 0) is 35.9 Å². The SMILES string of the molecule is O=C(O)C(COc1ccc(C(F)(F)F)cc1)c1cccnc1. The minimum absolute atomic E-state index is 0.170. The van der Waals surface area contributed by atoms with Crippen LogP contribution in [-0.4, -0.2) is 22.7 Å². The van der Waals surface area contributed by atoms with E-state index >= 15 is 0 Å². The van der Waals surface area contributed by atoms with Gasteiger partial charge in [0.05, 0.1) is 5.56 Å². The molecule has 0 amide bonds. The Hall–Kier alpha value is -2.57. The van der Waals surface area contributed by atoms with Crippen molar-refractivity contribution in [3.8, 4) is 5.75 Å². The summed E-state index contributed by atoms with van der Waals surface area (Å²) in [5, 5.41) is 9.20. The van der Waals surface area contributed by atoms with E-state index in [0.717, 1.165) is 24.3 Å². The van der Waals surface area contributed by atoms with Crippen LogP contribution in [0.4, 0.5) is 13.2 Å². The van der Waals surface area contributed by atoms with Crippen molar-refractivity contribution in [3.05, 3.63) is 59.9 Å². The van der Waals surface area contributed by atoms with Crippen LogP contribution in [0, 0.1) is 0 Å². The largest absolute Gasteiger partial charge is 0.492 e. The molecule has 2 rings (SSSR count). The summed E-state index contributed by atoms with van der Waals surface area (Å²) in [5.74, 6) is -1.88. The standard InChI is InChI=1S/C15H12F3NO3/c16-15(17,18)11-3-5-12(6-4-11)22-9-13(14(20)21)10-2-1-7-19-8-10/h1-8,13H,9H2,(H,20,21). The highest BCUT2D eigenvalue weighted by Crippen LogP contribution is 2.30. The van der Waals surface area contributed by atoms with Crippen LogP contribution in [-0.2, 0) is 11.0 Å². The first-order valence-electron chi connectivity index (χ1n) is 6.30. The summed E-state index contributed by atoms with van der Waals surface area (Å²) >= 11 is 0. The summed E-state index contributed by atoms with van der Waals surface area (Å²) in [4.78, 5) is 15.1. The Balaban J connectivity index is 2.06. The first-order valence-corrected chi connectivity index (χ1v) is 6.30. The molecule has 0 radical (unpaired) electrons. The predicted octanol–water partition coefficient (Wildman–Crippen LogP) is 3.35. The van der Waals surface area contributed by atoms with Gasteiger partial charge in [0.1, 0.15) is 18.3 Å². The Bertz CT molecular complexity index is 627. The highest BCUT2D eigenvalue weighted by molar-refractivity contribution is 5.76. The Kier molecular flexibility index (Phi) is 4.65. The number of aliphatic carboxylic acids is 1. The normalized spacial score (nSPS) is 12.7. The molecule has 1 aromatic heterocycles. The summed E-state index contributed by atoms with van der Waals surface area (Å²) < 4.78 is 42.6. The number of nitrogens with zero attached hydrogens (tertiary/aromatic N) is 1. The molecule has 1 heterocycles. The van der Waals surface area contributed by atoms with E-state index in [1.54, 1.807) is 12.1 Å². The van der Waals surface area contributed by atoms with E-state index in [-0.39, 0.29) is 12.4 Å². The molecule has 22 heavy (non-hydrogen) atoms. The van der Waals surface area contributed by atoms with Crippen molar-refractivity contribution in [1.29, 1.82) is 0 Å². The third kappa shape index (κ3) is 3.97. The van der Waals surface area contributed by atoms with Crippen LogP contribution < -0.4 is 4.74 Å². The number of carbonyl (C=O) groups is 1. The third-order valence-electron chi connectivity index (χ3n) is 2.98. The Labute approximate surface area is 124 Å². The van der Waals surface area contributed by atoms with Gasteiger partial charge in [-0.2, -0.15) is 13.2 Å². The molecule has 2 aromatic rings. The van der Waals surface area contributed by atoms with Crippen molar-refractivity contribution < 1.29 is 27.8 Å². The van der Waals surface area contributed by atoms with Gasteiger partial charge in [-0.15, -0.1) is 0 Å². The van der Waals surface area contributed by atoms with Crippen molar-refractivity contribution >= 4 is 5.97 Å². The van der Waals surface area contributed by atoms with E-state index in [1.165, 1.54) is 12.4 Å². The van der Waals surface area contributed by atoms with Crippen LogP contribution in [0.3, 0.4) is 0 Å². The number of ether oxygens (including phenoxy) is 1. The van der Waals surface area contributed by atoms with Crippen LogP contribution in [0.15, 0.2) is 48.8 Å². The molecule has 0 aliphatic heterocycles. The number of carboxylic acid groups (broad SMARTS) is 1. The molecule has 116 valence electrons. The third-order valence-corrected chi connectivity index (χ3v) is 2.98. The second-order valence-corrected chi connectivity index (χ2v) is 4.51. The van der Waals surface area contributed by atoms with Gasteiger partial charge in [-0.25, -0.2) is 0 Å². The van der Waals surface area contributed by atoms with Crippen molar-refractivity contribution in [2.75, 3.05) is 6.61 Å². The Morgan fingerprint density at radius 2 is 1.91 bits per heavy atom. The number of rotatable bonds is 5. The van der Waals surface area contributed by atoms with Crippen molar-refractivity contribution in [1.82, 2.24) is 4.98 Å². The van der Waals surface area contributed by atoms with Gasteiger partial charge < -0.3 is 9.84 Å². The molecular formula is C15H12F3NO3. The molecule has 1 aromatic carbocycles. The number of benzene rings is 1. The van der Waals surface area contributed by atoms with Gasteiger partial charge in [0.25, 0.3) is 0 Å². The number of alkyl halides is 3. The number of aromatic nitrogens is 1. The van der Waals surface area contributed by atoms with E-state index in [1.807, 2.05) is 0 Å². The Morgan fingerprint density at radius 1 is 1.23 bits per heavy atom. The molecule has 7 heteroatoms. The molecular weight excluding hydrogens is 299 g/mol. The lowest BCUT2D eigenvalue weighted by atomic mass is 10.0.